The zero-order chi connectivity index (χ0) is 12.3. The van der Waals surface area contributed by atoms with E-state index in [-0.39, 0.29) is 23.8 Å². The number of aromatic nitrogens is 1. The number of carbonyl (C=O) groups excluding carboxylic acids is 1. The zero-order valence-corrected chi connectivity index (χ0v) is 9.74. The molecule has 0 saturated carbocycles. The lowest BCUT2D eigenvalue weighted by molar-refractivity contribution is -0.119. The fraction of sp³-hybridized carbons (Fsp3) is 0.500. The Balaban J connectivity index is 2.01. The number of hydrogen-bond acceptors (Lipinski definition) is 3. The van der Waals surface area contributed by atoms with Crippen LogP contribution in [0.1, 0.15) is 31.5 Å². The van der Waals surface area contributed by atoms with Crippen LogP contribution >= 0.6 is 0 Å². The summed E-state index contributed by atoms with van der Waals surface area (Å²) in [6.45, 7) is 2.68. The van der Waals surface area contributed by atoms with Gasteiger partial charge < -0.3 is 10.6 Å². The minimum atomic E-state index is -0.332. The Morgan fingerprint density at radius 3 is 3.00 bits per heavy atom. The highest BCUT2D eigenvalue weighted by molar-refractivity contribution is 5.78. The predicted octanol–water partition coefficient (Wildman–Crippen LogP) is 1.15. The van der Waals surface area contributed by atoms with Crippen molar-refractivity contribution < 1.29 is 9.18 Å². The van der Waals surface area contributed by atoms with E-state index in [1.165, 1.54) is 12.3 Å². The van der Waals surface area contributed by atoms with Gasteiger partial charge in [-0.05, 0) is 18.6 Å². The van der Waals surface area contributed by atoms with E-state index in [4.69, 9.17) is 0 Å². The SMILES string of the molecule is CCC(NC1CNC(=O)C1)c1ccc(F)cn1. The molecule has 1 amide bonds. The molecule has 5 heteroatoms. The van der Waals surface area contributed by atoms with Crippen LogP contribution in [0.2, 0.25) is 0 Å². The molecule has 2 atom stereocenters. The van der Waals surface area contributed by atoms with Crippen molar-refractivity contribution in [1.29, 1.82) is 0 Å². The largest absolute Gasteiger partial charge is 0.354 e. The Kier molecular flexibility index (Phi) is 3.68. The van der Waals surface area contributed by atoms with Crippen LogP contribution in [-0.4, -0.2) is 23.5 Å². The predicted molar refractivity (Wildman–Crippen MR) is 61.8 cm³/mol. The second-order valence-electron chi connectivity index (χ2n) is 4.23. The van der Waals surface area contributed by atoms with Crippen molar-refractivity contribution in [2.75, 3.05) is 6.54 Å². The molecule has 1 aliphatic rings. The fourth-order valence-electron chi connectivity index (χ4n) is 2.01. The van der Waals surface area contributed by atoms with Crippen molar-refractivity contribution >= 4 is 5.91 Å². The highest BCUT2D eigenvalue weighted by Crippen LogP contribution is 2.16. The molecule has 0 aromatic carbocycles. The van der Waals surface area contributed by atoms with E-state index in [2.05, 4.69) is 15.6 Å². The molecule has 1 fully saturated rings. The highest BCUT2D eigenvalue weighted by atomic mass is 19.1. The minimum absolute atomic E-state index is 0.0632. The number of halogens is 1. The van der Waals surface area contributed by atoms with E-state index < -0.39 is 0 Å². The first-order valence-corrected chi connectivity index (χ1v) is 5.83. The first kappa shape index (κ1) is 12.0. The van der Waals surface area contributed by atoms with E-state index in [1.54, 1.807) is 6.07 Å². The Morgan fingerprint density at radius 1 is 1.65 bits per heavy atom. The fourth-order valence-corrected chi connectivity index (χ4v) is 2.01. The average molecular weight is 237 g/mol. The average Bonchev–Trinajstić information content (AvgIpc) is 2.73. The van der Waals surface area contributed by atoms with Crippen LogP contribution < -0.4 is 10.6 Å². The smallest absolute Gasteiger partial charge is 0.221 e. The lowest BCUT2D eigenvalue weighted by atomic mass is 10.1. The molecule has 0 aliphatic carbocycles. The van der Waals surface area contributed by atoms with Gasteiger partial charge in [0.1, 0.15) is 5.82 Å². The Hall–Kier alpha value is -1.49. The van der Waals surface area contributed by atoms with E-state index in [0.717, 1.165) is 12.1 Å². The van der Waals surface area contributed by atoms with Crippen molar-refractivity contribution in [2.45, 2.75) is 31.8 Å². The Labute approximate surface area is 99.6 Å². The van der Waals surface area contributed by atoms with Crippen molar-refractivity contribution in [1.82, 2.24) is 15.6 Å². The van der Waals surface area contributed by atoms with Crippen LogP contribution in [0.25, 0.3) is 0 Å². The first-order chi connectivity index (χ1) is 8.19. The van der Waals surface area contributed by atoms with Gasteiger partial charge in [-0.3, -0.25) is 9.78 Å². The molecule has 1 aromatic heterocycles. The van der Waals surface area contributed by atoms with Gasteiger partial charge in [-0.25, -0.2) is 4.39 Å². The van der Waals surface area contributed by atoms with Crippen LogP contribution in [0.3, 0.4) is 0 Å². The molecule has 0 spiro atoms. The molecule has 2 N–H and O–H groups in total. The van der Waals surface area contributed by atoms with Crippen molar-refractivity contribution in [2.24, 2.45) is 0 Å². The minimum Gasteiger partial charge on any atom is -0.354 e. The van der Waals surface area contributed by atoms with E-state index in [9.17, 15) is 9.18 Å². The first-order valence-electron chi connectivity index (χ1n) is 5.83. The van der Waals surface area contributed by atoms with Gasteiger partial charge in [-0.1, -0.05) is 6.92 Å². The molecule has 0 bridgehead atoms. The van der Waals surface area contributed by atoms with Gasteiger partial charge in [-0.15, -0.1) is 0 Å². The monoisotopic (exact) mass is 237 g/mol. The van der Waals surface area contributed by atoms with Gasteiger partial charge in [0.25, 0.3) is 0 Å². The number of hydrogen-bond donors (Lipinski definition) is 2. The number of nitrogens with zero attached hydrogens (tertiary/aromatic N) is 1. The number of amides is 1. The molecular formula is C12H16FN3O. The lowest BCUT2D eigenvalue weighted by Crippen LogP contribution is -2.34. The zero-order valence-electron chi connectivity index (χ0n) is 9.74. The van der Waals surface area contributed by atoms with Gasteiger partial charge in [0.15, 0.2) is 0 Å². The third-order valence-electron chi connectivity index (χ3n) is 2.93. The summed E-state index contributed by atoms with van der Waals surface area (Å²) < 4.78 is 12.8. The summed E-state index contributed by atoms with van der Waals surface area (Å²) in [5.41, 5.74) is 0.813. The number of pyridine rings is 1. The molecule has 1 aliphatic heterocycles. The molecule has 4 nitrogen and oxygen atoms in total. The number of nitrogens with one attached hydrogen (secondary N) is 2. The Morgan fingerprint density at radius 2 is 2.47 bits per heavy atom. The third-order valence-corrected chi connectivity index (χ3v) is 2.93. The summed E-state index contributed by atoms with van der Waals surface area (Å²) in [4.78, 5) is 15.2. The van der Waals surface area contributed by atoms with Crippen molar-refractivity contribution in [3.05, 3.63) is 29.8 Å². The van der Waals surface area contributed by atoms with Crippen LogP contribution in [0.15, 0.2) is 18.3 Å². The maximum absolute atomic E-state index is 12.8. The normalized spacial score (nSPS) is 21.3. The van der Waals surface area contributed by atoms with Gasteiger partial charge in [0.2, 0.25) is 5.91 Å². The maximum Gasteiger partial charge on any atom is 0.221 e. The summed E-state index contributed by atoms with van der Waals surface area (Å²) in [6, 6.07) is 3.29. The molecule has 2 unspecified atom stereocenters. The molecule has 1 saturated heterocycles. The summed E-state index contributed by atoms with van der Waals surface area (Å²) in [5, 5.41) is 6.14. The third kappa shape index (κ3) is 3.00. The highest BCUT2D eigenvalue weighted by Gasteiger charge is 2.24. The molecule has 0 radical (unpaired) electrons. The lowest BCUT2D eigenvalue weighted by Gasteiger charge is -2.20. The van der Waals surface area contributed by atoms with Crippen molar-refractivity contribution in [3.63, 3.8) is 0 Å². The molecular weight excluding hydrogens is 221 g/mol. The van der Waals surface area contributed by atoms with Crippen molar-refractivity contribution in [3.8, 4) is 0 Å². The topological polar surface area (TPSA) is 54.0 Å². The van der Waals surface area contributed by atoms with Gasteiger partial charge >= 0.3 is 0 Å². The summed E-state index contributed by atoms with van der Waals surface area (Å²) >= 11 is 0. The van der Waals surface area contributed by atoms with E-state index in [1.807, 2.05) is 6.92 Å². The summed E-state index contributed by atoms with van der Waals surface area (Å²) in [7, 11) is 0. The van der Waals surface area contributed by atoms with Crippen LogP contribution in [0.5, 0.6) is 0 Å². The molecule has 92 valence electrons. The van der Waals surface area contributed by atoms with E-state index >= 15 is 0 Å². The molecule has 17 heavy (non-hydrogen) atoms. The summed E-state index contributed by atoms with van der Waals surface area (Å²) in [5.74, 6) is -0.259. The number of carbonyl (C=O) groups is 1. The quantitative estimate of drug-likeness (QED) is 0.826. The van der Waals surface area contributed by atoms with Gasteiger partial charge in [-0.2, -0.15) is 0 Å². The molecule has 2 rings (SSSR count). The van der Waals surface area contributed by atoms with Gasteiger partial charge in [0.05, 0.1) is 11.9 Å². The second-order valence-corrected chi connectivity index (χ2v) is 4.23. The molecule has 2 heterocycles. The summed E-state index contributed by atoms with van der Waals surface area (Å²) in [6.07, 6.45) is 2.57. The van der Waals surface area contributed by atoms with Crippen LogP contribution in [0, 0.1) is 5.82 Å². The van der Waals surface area contributed by atoms with Gasteiger partial charge in [0, 0.05) is 25.0 Å². The standard InChI is InChI=1S/C12H16FN3O/c1-2-10(11-4-3-8(13)6-14-11)16-9-5-12(17)15-7-9/h3-4,6,9-10,16H,2,5,7H2,1H3,(H,15,17). The van der Waals surface area contributed by atoms with E-state index in [0.29, 0.717) is 13.0 Å². The second kappa shape index (κ2) is 5.23. The Bertz CT molecular complexity index is 393. The van der Waals surface area contributed by atoms with Crippen LogP contribution in [0.4, 0.5) is 4.39 Å². The maximum atomic E-state index is 12.8. The number of rotatable bonds is 4. The molecule has 1 aromatic rings. The van der Waals surface area contributed by atoms with Crippen LogP contribution in [-0.2, 0) is 4.79 Å².